The Bertz CT molecular complexity index is 3290. The van der Waals surface area contributed by atoms with Crippen molar-refractivity contribution in [3.8, 4) is 44.5 Å². The quantitative estimate of drug-likeness (QED) is 0.162. The fraction of sp³-hybridized carbons (Fsp3) is 0. The maximum absolute atomic E-state index is 6.42. The van der Waals surface area contributed by atoms with Crippen molar-refractivity contribution in [3.05, 3.63) is 224 Å². The second-order valence-electron chi connectivity index (χ2n) is 14.9. The summed E-state index contributed by atoms with van der Waals surface area (Å²) in [5.41, 5.74) is 14.3. The lowest BCUT2D eigenvalue weighted by Gasteiger charge is -2.30. The Kier molecular flexibility index (Phi) is 8.19. The van der Waals surface area contributed by atoms with Gasteiger partial charge in [-0.1, -0.05) is 176 Å². The summed E-state index contributed by atoms with van der Waals surface area (Å²) in [6.07, 6.45) is 0. The molecule has 0 radical (unpaired) electrons. The van der Waals surface area contributed by atoms with Crippen LogP contribution in [-0.4, -0.2) is 0 Å². The maximum Gasteiger partial charge on any atom is 0.136 e. The summed E-state index contributed by atoms with van der Waals surface area (Å²) in [6, 6.07) is 80.8. The van der Waals surface area contributed by atoms with E-state index in [1.54, 1.807) is 0 Å². The number of para-hydroxylation sites is 3. The molecule has 272 valence electrons. The van der Waals surface area contributed by atoms with Gasteiger partial charge in [-0.25, -0.2) is 0 Å². The van der Waals surface area contributed by atoms with Crippen LogP contribution in [0, 0.1) is 0 Å². The first-order chi connectivity index (χ1) is 28.8. The highest BCUT2D eigenvalue weighted by Crippen LogP contribution is 2.47. The van der Waals surface area contributed by atoms with Gasteiger partial charge in [-0.2, -0.15) is 0 Å². The molecule has 0 saturated carbocycles. The van der Waals surface area contributed by atoms with Crippen LogP contribution in [-0.2, 0) is 0 Å². The van der Waals surface area contributed by atoms with E-state index in [4.69, 9.17) is 4.42 Å². The molecule has 0 unspecified atom stereocenters. The van der Waals surface area contributed by atoms with Crippen molar-refractivity contribution in [2.45, 2.75) is 0 Å². The van der Waals surface area contributed by atoms with Gasteiger partial charge < -0.3 is 9.32 Å². The van der Waals surface area contributed by atoms with Crippen molar-refractivity contribution in [3.63, 3.8) is 0 Å². The predicted molar refractivity (Wildman–Crippen MR) is 245 cm³/mol. The van der Waals surface area contributed by atoms with E-state index in [-0.39, 0.29) is 0 Å². The van der Waals surface area contributed by atoms with Gasteiger partial charge in [0.15, 0.2) is 0 Å². The monoisotopic (exact) mass is 739 g/mol. The molecule has 0 amide bonds. The first-order valence-electron chi connectivity index (χ1n) is 19.8. The maximum atomic E-state index is 6.42. The lowest BCUT2D eigenvalue weighted by atomic mass is 9.91. The van der Waals surface area contributed by atoms with E-state index in [9.17, 15) is 0 Å². The third-order valence-corrected chi connectivity index (χ3v) is 11.5. The molecule has 0 aliphatic heterocycles. The SMILES string of the molecule is c1ccc(-c2ccccc2N(c2ccc(-c3cccc4ccccc34)cc2)c2ccccc2-c2ccc3c(c2)oc2ccccc23)c(-c2ccc3ccccc3c2)c1. The molecule has 1 heterocycles. The number of rotatable bonds is 7. The third kappa shape index (κ3) is 5.82. The van der Waals surface area contributed by atoms with Crippen LogP contribution in [0.15, 0.2) is 229 Å². The van der Waals surface area contributed by atoms with Crippen molar-refractivity contribution in [1.29, 1.82) is 0 Å². The summed E-state index contributed by atoms with van der Waals surface area (Å²) in [5.74, 6) is 0. The minimum absolute atomic E-state index is 0.879. The van der Waals surface area contributed by atoms with Gasteiger partial charge in [-0.3, -0.25) is 0 Å². The van der Waals surface area contributed by atoms with Gasteiger partial charge in [0.2, 0.25) is 0 Å². The fourth-order valence-corrected chi connectivity index (χ4v) is 8.70. The number of hydrogen-bond donors (Lipinski definition) is 0. The number of anilines is 3. The Hall–Kier alpha value is -7.68. The van der Waals surface area contributed by atoms with Crippen LogP contribution in [0.1, 0.15) is 0 Å². The smallest absolute Gasteiger partial charge is 0.136 e. The summed E-state index contributed by atoms with van der Waals surface area (Å²) < 4.78 is 6.42. The third-order valence-electron chi connectivity index (χ3n) is 11.5. The highest BCUT2D eigenvalue weighted by molar-refractivity contribution is 6.07. The molecule has 0 aliphatic carbocycles. The van der Waals surface area contributed by atoms with Crippen molar-refractivity contribution >= 4 is 60.5 Å². The summed E-state index contributed by atoms with van der Waals surface area (Å²) in [5, 5.41) is 7.19. The van der Waals surface area contributed by atoms with Gasteiger partial charge in [0.1, 0.15) is 11.2 Å². The predicted octanol–water partition coefficient (Wildman–Crippen LogP) is 16.0. The van der Waals surface area contributed by atoms with Crippen LogP contribution in [0.5, 0.6) is 0 Å². The highest BCUT2D eigenvalue weighted by Gasteiger charge is 2.22. The van der Waals surface area contributed by atoms with Gasteiger partial charge in [0.05, 0.1) is 11.4 Å². The molecule has 11 aromatic rings. The molecule has 58 heavy (non-hydrogen) atoms. The summed E-state index contributed by atoms with van der Waals surface area (Å²) in [4.78, 5) is 2.43. The summed E-state index contributed by atoms with van der Waals surface area (Å²) >= 11 is 0. The van der Waals surface area contributed by atoms with Crippen LogP contribution in [0.4, 0.5) is 17.1 Å². The number of furan rings is 1. The van der Waals surface area contributed by atoms with Crippen molar-refractivity contribution < 1.29 is 4.42 Å². The molecule has 1 aromatic heterocycles. The Morgan fingerprint density at radius 3 is 1.64 bits per heavy atom. The molecule has 0 spiro atoms. The number of nitrogens with zero attached hydrogens (tertiary/aromatic N) is 1. The van der Waals surface area contributed by atoms with Crippen LogP contribution in [0.3, 0.4) is 0 Å². The Labute approximate surface area is 337 Å². The molecule has 2 heteroatoms. The van der Waals surface area contributed by atoms with Crippen LogP contribution in [0.2, 0.25) is 0 Å². The van der Waals surface area contributed by atoms with Crippen molar-refractivity contribution in [2.75, 3.05) is 4.90 Å². The minimum Gasteiger partial charge on any atom is -0.456 e. The zero-order valence-electron chi connectivity index (χ0n) is 31.7. The minimum atomic E-state index is 0.879. The molecular weight excluding hydrogens is 703 g/mol. The first-order valence-corrected chi connectivity index (χ1v) is 19.8. The van der Waals surface area contributed by atoms with E-state index in [2.05, 4.69) is 217 Å². The highest BCUT2D eigenvalue weighted by atomic mass is 16.3. The number of fused-ring (bicyclic) bond motifs is 5. The Morgan fingerprint density at radius 1 is 0.276 bits per heavy atom. The van der Waals surface area contributed by atoms with Gasteiger partial charge in [0, 0.05) is 27.6 Å². The molecule has 0 saturated heterocycles. The number of hydrogen-bond acceptors (Lipinski definition) is 2. The Morgan fingerprint density at radius 2 is 0.810 bits per heavy atom. The van der Waals surface area contributed by atoms with Gasteiger partial charge in [-0.15, -0.1) is 0 Å². The zero-order valence-corrected chi connectivity index (χ0v) is 31.7. The topological polar surface area (TPSA) is 16.4 Å². The largest absolute Gasteiger partial charge is 0.456 e. The van der Waals surface area contributed by atoms with E-state index in [0.29, 0.717) is 0 Å². The van der Waals surface area contributed by atoms with E-state index >= 15 is 0 Å². The summed E-state index contributed by atoms with van der Waals surface area (Å²) in [7, 11) is 0. The van der Waals surface area contributed by atoms with E-state index in [0.717, 1.165) is 55.7 Å². The average molecular weight is 740 g/mol. The molecule has 0 fully saturated rings. The lowest BCUT2D eigenvalue weighted by Crippen LogP contribution is -2.12. The van der Waals surface area contributed by atoms with Crippen LogP contribution in [0.25, 0.3) is 88.0 Å². The zero-order chi connectivity index (χ0) is 38.4. The standard InChI is InChI=1S/C56H37NO/c1-2-16-41-36-42(29-28-38(41)14-1)47-19-5-6-21-49(47)50-22-8-11-26-54(50)57(44-33-30-40(31-34-44)46-24-13-17-39-15-3-4-18-45(39)46)53-25-10-7-20-48(53)43-32-35-52-51-23-9-12-27-55(51)58-56(52)37-43/h1-37H. The van der Waals surface area contributed by atoms with Crippen LogP contribution < -0.4 is 4.90 Å². The first kappa shape index (κ1) is 33.6. The van der Waals surface area contributed by atoms with E-state index < -0.39 is 0 Å². The van der Waals surface area contributed by atoms with Gasteiger partial charge >= 0.3 is 0 Å². The van der Waals surface area contributed by atoms with Gasteiger partial charge in [-0.05, 0) is 103 Å². The molecule has 0 aliphatic rings. The van der Waals surface area contributed by atoms with E-state index in [1.165, 1.54) is 49.4 Å². The van der Waals surface area contributed by atoms with Crippen LogP contribution >= 0.6 is 0 Å². The molecule has 0 bridgehead atoms. The van der Waals surface area contributed by atoms with Crippen molar-refractivity contribution in [2.24, 2.45) is 0 Å². The molecule has 11 rings (SSSR count). The normalized spacial score (nSPS) is 11.4. The second kappa shape index (κ2) is 14.1. The molecule has 0 atom stereocenters. The van der Waals surface area contributed by atoms with Gasteiger partial charge in [0.25, 0.3) is 0 Å². The fourth-order valence-electron chi connectivity index (χ4n) is 8.70. The molecular formula is C56H37NO. The van der Waals surface area contributed by atoms with Crippen molar-refractivity contribution in [1.82, 2.24) is 0 Å². The average Bonchev–Trinajstić information content (AvgIpc) is 3.67. The second-order valence-corrected chi connectivity index (χ2v) is 14.9. The summed E-state index contributed by atoms with van der Waals surface area (Å²) in [6.45, 7) is 0. The Balaban J connectivity index is 1.11. The number of benzene rings is 10. The molecule has 0 N–H and O–H groups in total. The lowest BCUT2D eigenvalue weighted by molar-refractivity contribution is 0.669. The molecule has 10 aromatic carbocycles. The van der Waals surface area contributed by atoms with E-state index in [1.807, 2.05) is 12.1 Å². The molecule has 2 nitrogen and oxygen atoms in total.